The molecule has 21 heavy (non-hydrogen) atoms. The topological polar surface area (TPSA) is 95.4 Å². The van der Waals surface area contributed by atoms with E-state index in [1.165, 1.54) is 21.6 Å². The lowest BCUT2D eigenvalue weighted by Crippen LogP contribution is -2.36. The van der Waals surface area contributed by atoms with Crippen LogP contribution >= 0.6 is 22.7 Å². The van der Waals surface area contributed by atoms with Gasteiger partial charge in [0.15, 0.2) is 5.69 Å². The number of nitrogens with zero attached hydrogens (tertiary/aromatic N) is 3. The molecule has 2 aromatic rings. The van der Waals surface area contributed by atoms with Gasteiger partial charge in [-0.3, -0.25) is 0 Å². The van der Waals surface area contributed by atoms with Gasteiger partial charge in [-0.25, -0.2) is 19.6 Å². The van der Waals surface area contributed by atoms with Crippen molar-refractivity contribution >= 4 is 34.7 Å². The minimum atomic E-state index is -1.07. The number of aryl methyl sites for hydroxylation is 1. The second kappa shape index (κ2) is 6.64. The third kappa shape index (κ3) is 4.23. The molecule has 2 N–H and O–H groups in total. The van der Waals surface area contributed by atoms with E-state index in [2.05, 4.69) is 15.3 Å². The van der Waals surface area contributed by atoms with Crippen LogP contribution in [0.3, 0.4) is 0 Å². The number of nitrogens with one attached hydrogen (secondary N) is 1. The van der Waals surface area contributed by atoms with Gasteiger partial charge in [0.2, 0.25) is 0 Å². The van der Waals surface area contributed by atoms with Crippen molar-refractivity contribution in [2.24, 2.45) is 0 Å². The predicted octanol–water partition coefficient (Wildman–Crippen LogP) is 1.95. The van der Waals surface area contributed by atoms with Gasteiger partial charge in [0.05, 0.1) is 23.8 Å². The fraction of sp³-hybridized carbons (Fsp3) is 0.333. The number of urea groups is 1. The maximum absolute atomic E-state index is 11.9. The number of hydrogen-bond acceptors (Lipinski definition) is 6. The molecule has 2 aromatic heterocycles. The van der Waals surface area contributed by atoms with E-state index in [-0.39, 0.29) is 18.3 Å². The monoisotopic (exact) mass is 326 g/mol. The molecule has 0 fully saturated rings. The van der Waals surface area contributed by atoms with Gasteiger partial charge in [0.1, 0.15) is 5.01 Å². The van der Waals surface area contributed by atoms with Crippen molar-refractivity contribution < 1.29 is 14.7 Å². The van der Waals surface area contributed by atoms with Crippen LogP contribution in [0.25, 0.3) is 0 Å². The van der Waals surface area contributed by atoms with E-state index >= 15 is 0 Å². The summed E-state index contributed by atoms with van der Waals surface area (Å²) in [5.74, 6) is -1.07. The normalized spacial score (nSPS) is 10.4. The average molecular weight is 326 g/mol. The number of carbonyl (C=O) groups is 2. The summed E-state index contributed by atoms with van der Waals surface area (Å²) in [6.07, 6.45) is 0. The molecule has 0 saturated heterocycles. The number of amides is 2. The smallest absolute Gasteiger partial charge is 0.355 e. The fourth-order valence-corrected chi connectivity index (χ4v) is 2.88. The Balaban J connectivity index is 1.84. The van der Waals surface area contributed by atoms with E-state index in [1.807, 2.05) is 12.3 Å². The molecule has 0 radical (unpaired) electrons. The zero-order valence-corrected chi connectivity index (χ0v) is 13.1. The highest BCUT2D eigenvalue weighted by molar-refractivity contribution is 7.10. The maximum atomic E-state index is 11.9. The lowest BCUT2D eigenvalue weighted by atomic mass is 10.4. The molecule has 7 nitrogen and oxygen atoms in total. The highest BCUT2D eigenvalue weighted by Gasteiger charge is 2.12. The number of carboxylic acid groups (broad SMARTS) is 1. The van der Waals surface area contributed by atoms with Crippen LogP contribution in [0.2, 0.25) is 0 Å². The second-order valence-electron chi connectivity index (χ2n) is 4.30. The predicted molar refractivity (Wildman–Crippen MR) is 79.6 cm³/mol. The Morgan fingerprint density at radius 1 is 1.33 bits per heavy atom. The van der Waals surface area contributed by atoms with E-state index in [0.717, 1.165) is 10.7 Å². The van der Waals surface area contributed by atoms with Crippen LogP contribution < -0.4 is 5.32 Å². The first-order chi connectivity index (χ1) is 9.95. The summed E-state index contributed by atoms with van der Waals surface area (Å²) in [6.45, 7) is 2.54. The molecular weight excluding hydrogens is 312 g/mol. The van der Waals surface area contributed by atoms with Gasteiger partial charge in [-0.2, -0.15) is 0 Å². The Kier molecular flexibility index (Phi) is 4.86. The summed E-state index contributed by atoms with van der Waals surface area (Å²) in [6, 6.07) is -0.257. The molecule has 0 aliphatic rings. The van der Waals surface area contributed by atoms with Crippen LogP contribution in [0.5, 0.6) is 0 Å². The molecule has 0 spiro atoms. The molecule has 0 aliphatic carbocycles. The minimum Gasteiger partial charge on any atom is -0.476 e. The van der Waals surface area contributed by atoms with Gasteiger partial charge in [-0.1, -0.05) is 0 Å². The Bertz CT molecular complexity index is 652. The third-order valence-corrected chi connectivity index (χ3v) is 4.25. The summed E-state index contributed by atoms with van der Waals surface area (Å²) >= 11 is 2.74. The van der Waals surface area contributed by atoms with Gasteiger partial charge >= 0.3 is 12.0 Å². The summed E-state index contributed by atoms with van der Waals surface area (Å²) in [5.41, 5.74) is 0.841. The molecule has 2 rings (SSSR count). The number of hydrogen-bond donors (Lipinski definition) is 2. The molecule has 0 atom stereocenters. The van der Waals surface area contributed by atoms with Crippen molar-refractivity contribution in [2.45, 2.75) is 20.0 Å². The SMILES string of the molecule is Cc1nc(CN(C)C(=O)NCc2nc(C(=O)O)cs2)cs1. The summed E-state index contributed by atoms with van der Waals surface area (Å²) < 4.78 is 0. The van der Waals surface area contributed by atoms with Crippen molar-refractivity contribution in [3.8, 4) is 0 Å². The minimum absolute atomic E-state index is 0.00412. The molecule has 0 bridgehead atoms. The van der Waals surface area contributed by atoms with Crippen LogP contribution in [-0.4, -0.2) is 39.0 Å². The van der Waals surface area contributed by atoms with Crippen LogP contribution in [0.15, 0.2) is 10.8 Å². The standard InChI is InChI=1S/C12H14N4O3S2/c1-7-14-8(5-20-7)4-16(2)12(19)13-3-10-15-9(6-21-10)11(17)18/h5-6H,3-4H2,1-2H3,(H,13,19)(H,17,18). The van der Waals surface area contributed by atoms with Gasteiger partial charge in [0, 0.05) is 17.8 Å². The molecule has 9 heteroatoms. The van der Waals surface area contributed by atoms with Crippen LogP contribution in [0.4, 0.5) is 4.79 Å². The number of carboxylic acids is 1. The number of carbonyl (C=O) groups excluding carboxylic acids is 1. The van der Waals surface area contributed by atoms with E-state index in [4.69, 9.17) is 5.11 Å². The van der Waals surface area contributed by atoms with E-state index in [1.54, 1.807) is 18.4 Å². The number of aromatic carboxylic acids is 1. The van der Waals surface area contributed by atoms with Crippen molar-refractivity contribution in [1.29, 1.82) is 0 Å². The second-order valence-corrected chi connectivity index (χ2v) is 6.31. The molecule has 2 amide bonds. The third-order valence-electron chi connectivity index (χ3n) is 2.57. The van der Waals surface area contributed by atoms with E-state index in [9.17, 15) is 9.59 Å². The number of thiazole rings is 2. The zero-order chi connectivity index (χ0) is 15.4. The van der Waals surface area contributed by atoms with Gasteiger partial charge in [-0.05, 0) is 6.92 Å². The quantitative estimate of drug-likeness (QED) is 0.875. The van der Waals surface area contributed by atoms with Crippen molar-refractivity contribution in [2.75, 3.05) is 7.05 Å². The molecule has 2 heterocycles. The van der Waals surface area contributed by atoms with Crippen molar-refractivity contribution in [3.05, 3.63) is 32.2 Å². The van der Waals surface area contributed by atoms with E-state index < -0.39 is 5.97 Å². The fourth-order valence-electron chi connectivity index (χ4n) is 1.57. The van der Waals surface area contributed by atoms with Crippen molar-refractivity contribution in [1.82, 2.24) is 20.2 Å². The lowest BCUT2D eigenvalue weighted by Gasteiger charge is -2.16. The summed E-state index contributed by atoms with van der Waals surface area (Å²) in [7, 11) is 1.68. The van der Waals surface area contributed by atoms with Gasteiger partial charge < -0.3 is 15.3 Å². The molecule has 0 unspecified atom stereocenters. The molecule has 112 valence electrons. The van der Waals surface area contributed by atoms with Gasteiger partial charge in [-0.15, -0.1) is 22.7 Å². The maximum Gasteiger partial charge on any atom is 0.355 e. The van der Waals surface area contributed by atoms with Crippen LogP contribution in [-0.2, 0) is 13.1 Å². The summed E-state index contributed by atoms with van der Waals surface area (Å²) in [4.78, 5) is 32.3. The Labute approximate surface area is 129 Å². The van der Waals surface area contributed by atoms with Crippen molar-refractivity contribution in [3.63, 3.8) is 0 Å². The van der Waals surface area contributed by atoms with Gasteiger partial charge in [0.25, 0.3) is 0 Å². The Hall–Kier alpha value is -2.00. The lowest BCUT2D eigenvalue weighted by molar-refractivity contribution is 0.0691. The highest BCUT2D eigenvalue weighted by atomic mass is 32.1. The summed E-state index contributed by atoms with van der Waals surface area (Å²) in [5, 5.41) is 16.3. The molecule has 0 aromatic carbocycles. The Morgan fingerprint density at radius 3 is 2.67 bits per heavy atom. The first kappa shape index (κ1) is 15.4. The molecule has 0 saturated carbocycles. The molecular formula is C12H14N4O3S2. The average Bonchev–Trinajstić information content (AvgIpc) is 3.05. The Morgan fingerprint density at radius 2 is 2.10 bits per heavy atom. The first-order valence-electron chi connectivity index (χ1n) is 6.03. The highest BCUT2D eigenvalue weighted by Crippen LogP contribution is 2.11. The van der Waals surface area contributed by atoms with Crippen LogP contribution in [0.1, 0.15) is 26.2 Å². The zero-order valence-electron chi connectivity index (χ0n) is 11.5. The number of aromatic nitrogens is 2. The number of rotatable bonds is 5. The van der Waals surface area contributed by atoms with E-state index in [0.29, 0.717) is 11.6 Å². The largest absolute Gasteiger partial charge is 0.476 e. The molecule has 0 aliphatic heterocycles. The first-order valence-corrected chi connectivity index (χ1v) is 7.79. The van der Waals surface area contributed by atoms with Crippen LogP contribution in [0, 0.1) is 6.92 Å².